The summed E-state index contributed by atoms with van der Waals surface area (Å²) in [4.78, 5) is 7.53. The van der Waals surface area contributed by atoms with Gasteiger partial charge in [-0.25, -0.2) is 4.98 Å². The van der Waals surface area contributed by atoms with E-state index in [1.165, 1.54) is 0 Å². The van der Waals surface area contributed by atoms with Crippen molar-refractivity contribution in [3.63, 3.8) is 0 Å². The molecular formula is C14H14ClF3N2. The summed E-state index contributed by atoms with van der Waals surface area (Å²) in [6, 6.07) is 5.26. The van der Waals surface area contributed by atoms with Crippen LogP contribution in [0, 0.1) is 5.92 Å². The van der Waals surface area contributed by atoms with Gasteiger partial charge in [-0.15, -0.1) is 0 Å². The molecule has 1 aromatic heterocycles. The van der Waals surface area contributed by atoms with Gasteiger partial charge in [0.1, 0.15) is 5.82 Å². The van der Waals surface area contributed by atoms with E-state index in [0.717, 1.165) is 17.5 Å². The molecule has 0 amide bonds. The summed E-state index contributed by atoms with van der Waals surface area (Å²) in [6.45, 7) is 0. The monoisotopic (exact) mass is 302 g/mol. The van der Waals surface area contributed by atoms with Crippen LogP contribution in [-0.2, 0) is 0 Å². The van der Waals surface area contributed by atoms with Crippen molar-refractivity contribution in [2.45, 2.75) is 37.8 Å². The molecule has 3 rings (SSSR count). The first-order valence-electron chi connectivity index (χ1n) is 6.65. The van der Waals surface area contributed by atoms with E-state index >= 15 is 0 Å². The first-order valence-corrected chi connectivity index (χ1v) is 7.03. The number of halogens is 4. The average Bonchev–Trinajstić information content (AvgIpc) is 2.81. The highest BCUT2D eigenvalue weighted by molar-refractivity contribution is 6.31. The smallest absolute Gasteiger partial charge is 0.342 e. The van der Waals surface area contributed by atoms with Gasteiger partial charge in [-0.05, 0) is 37.5 Å². The fourth-order valence-corrected chi connectivity index (χ4v) is 3.10. The minimum Gasteiger partial charge on any atom is -0.342 e. The van der Waals surface area contributed by atoms with Crippen molar-refractivity contribution in [1.82, 2.24) is 9.97 Å². The maximum Gasteiger partial charge on any atom is 0.391 e. The summed E-state index contributed by atoms with van der Waals surface area (Å²) >= 11 is 5.90. The van der Waals surface area contributed by atoms with Gasteiger partial charge in [-0.2, -0.15) is 13.2 Å². The van der Waals surface area contributed by atoms with Gasteiger partial charge < -0.3 is 4.98 Å². The molecule has 1 saturated carbocycles. The molecule has 1 aliphatic carbocycles. The van der Waals surface area contributed by atoms with E-state index in [4.69, 9.17) is 11.6 Å². The Bertz CT molecular complexity index is 620. The third-order valence-electron chi connectivity index (χ3n) is 3.99. The molecule has 6 heteroatoms. The van der Waals surface area contributed by atoms with Crippen LogP contribution in [0.25, 0.3) is 11.0 Å². The standard InChI is InChI=1S/C14H14ClF3N2/c15-10-4-5-11-12(7-10)20-13(19-11)8-2-1-3-9(6-8)14(16,17)18/h4-5,7-9H,1-3,6H2,(H,19,20). The van der Waals surface area contributed by atoms with Crippen LogP contribution in [0.4, 0.5) is 13.2 Å². The molecule has 108 valence electrons. The quantitative estimate of drug-likeness (QED) is 0.784. The van der Waals surface area contributed by atoms with Gasteiger partial charge in [-0.1, -0.05) is 18.0 Å². The molecule has 2 unspecified atom stereocenters. The van der Waals surface area contributed by atoms with Crippen molar-refractivity contribution in [3.8, 4) is 0 Å². The lowest BCUT2D eigenvalue weighted by Gasteiger charge is -2.29. The van der Waals surface area contributed by atoms with E-state index < -0.39 is 12.1 Å². The maximum absolute atomic E-state index is 12.8. The Morgan fingerprint density at radius 3 is 2.80 bits per heavy atom. The number of imidazole rings is 1. The van der Waals surface area contributed by atoms with Crippen LogP contribution in [0.1, 0.15) is 37.4 Å². The lowest BCUT2D eigenvalue weighted by Crippen LogP contribution is -2.28. The predicted octanol–water partition coefficient (Wildman–Crippen LogP) is 5.05. The van der Waals surface area contributed by atoms with Crippen LogP contribution in [0.15, 0.2) is 18.2 Å². The molecule has 0 bridgehead atoms. The van der Waals surface area contributed by atoms with Gasteiger partial charge in [0.25, 0.3) is 0 Å². The molecule has 0 aliphatic heterocycles. The topological polar surface area (TPSA) is 28.7 Å². The number of fused-ring (bicyclic) bond motifs is 1. The molecule has 1 fully saturated rings. The molecule has 0 saturated heterocycles. The van der Waals surface area contributed by atoms with E-state index in [2.05, 4.69) is 9.97 Å². The van der Waals surface area contributed by atoms with Crippen LogP contribution >= 0.6 is 11.6 Å². The Labute approximate surface area is 119 Å². The number of nitrogens with zero attached hydrogens (tertiary/aromatic N) is 1. The Kier molecular flexibility index (Phi) is 3.40. The lowest BCUT2D eigenvalue weighted by atomic mass is 9.80. The highest BCUT2D eigenvalue weighted by Gasteiger charge is 2.42. The van der Waals surface area contributed by atoms with Gasteiger partial charge in [-0.3, -0.25) is 0 Å². The van der Waals surface area contributed by atoms with Crippen molar-refractivity contribution in [2.24, 2.45) is 5.92 Å². The number of hydrogen-bond acceptors (Lipinski definition) is 1. The normalized spacial score (nSPS) is 24.2. The van der Waals surface area contributed by atoms with Crippen LogP contribution in [0.2, 0.25) is 5.02 Å². The average molecular weight is 303 g/mol. The van der Waals surface area contributed by atoms with Crippen LogP contribution in [0.3, 0.4) is 0 Å². The fraction of sp³-hybridized carbons (Fsp3) is 0.500. The summed E-state index contributed by atoms with van der Waals surface area (Å²) in [7, 11) is 0. The van der Waals surface area contributed by atoms with Crippen molar-refractivity contribution in [2.75, 3.05) is 0 Å². The number of H-pyrrole nitrogens is 1. The van der Waals surface area contributed by atoms with Crippen LogP contribution in [-0.4, -0.2) is 16.1 Å². The van der Waals surface area contributed by atoms with Crippen molar-refractivity contribution >= 4 is 22.6 Å². The number of aromatic nitrogens is 2. The number of hydrogen-bond donors (Lipinski definition) is 1. The number of aromatic amines is 1. The van der Waals surface area contributed by atoms with Crippen molar-refractivity contribution in [1.29, 1.82) is 0 Å². The molecule has 1 aromatic carbocycles. The van der Waals surface area contributed by atoms with Gasteiger partial charge in [0.2, 0.25) is 0 Å². The number of nitrogens with one attached hydrogen (secondary N) is 1. The van der Waals surface area contributed by atoms with E-state index in [9.17, 15) is 13.2 Å². The van der Waals surface area contributed by atoms with Crippen LogP contribution in [0.5, 0.6) is 0 Å². The SMILES string of the molecule is FC(F)(F)C1CCCC(c2nc3ccc(Cl)cc3[nH]2)C1. The number of alkyl halides is 3. The van der Waals surface area contributed by atoms with Crippen molar-refractivity contribution in [3.05, 3.63) is 29.0 Å². The second-order valence-corrected chi connectivity index (χ2v) is 5.82. The zero-order valence-electron chi connectivity index (χ0n) is 10.7. The van der Waals surface area contributed by atoms with Crippen LogP contribution < -0.4 is 0 Å². The maximum atomic E-state index is 12.8. The molecule has 0 spiro atoms. The zero-order chi connectivity index (χ0) is 14.3. The minimum atomic E-state index is -4.10. The van der Waals surface area contributed by atoms with E-state index in [1.54, 1.807) is 18.2 Å². The number of benzene rings is 1. The molecular weight excluding hydrogens is 289 g/mol. The molecule has 1 heterocycles. The Hall–Kier alpha value is -1.23. The summed E-state index contributed by atoms with van der Waals surface area (Å²) in [5, 5.41) is 0.588. The molecule has 2 nitrogen and oxygen atoms in total. The molecule has 0 radical (unpaired) electrons. The summed E-state index contributed by atoms with van der Waals surface area (Å²) < 4.78 is 38.5. The lowest BCUT2D eigenvalue weighted by molar-refractivity contribution is -0.183. The van der Waals surface area contributed by atoms with Gasteiger partial charge in [0.05, 0.1) is 17.0 Å². The molecule has 1 aliphatic rings. The zero-order valence-corrected chi connectivity index (χ0v) is 11.4. The first-order chi connectivity index (χ1) is 9.43. The van der Waals surface area contributed by atoms with E-state index in [-0.39, 0.29) is 18.8 Å². The first kappa shape index (κ1) is 13.7. The largest absolute Gasteiger partial charge is 0.391 e. The fourth-order valence-electron chi connectivity index (χ4n) is 2.93. The molecule has 20 heavy (non-hydrogen) atoms. The number of rotatable bonds is 1. The summed E-state index contributed by atoms with van der Waals surface area (Å²) in [6.07, 6.45) is -2.41. The minimum absolute atomic E-state index is 0.122. The Morgan fingerprint density at radius 1 is 1.25 bits per heavy atom. The van der Waals surface area contributed by atoms with E-state index in [0.29, 0.717) is 17.3 Å². The highest BCUT2D eigenvalue weighted by atomic mass is 35.5. The Morgan fingerprint density at radius 2 is 2.05 bits per heavy atom. The summed E-state index contributed by atoms with van der Waals surface area (Å²) in [5.41, 5.74) is 1.53. The molecule has 2 atom stereocenters. The Balaban J connectivity index is 1.87. The van der Waals surface area contributed by atoms with Gasteiger partial charge in [0.15, 0.2) is 0 Å². The second-order valence-electron chi connectivity index (χ2n) is 5.39. The van der Waals surface area contributed by atoms with Crippen molar-refractivity contribution < 1.29 is 13.2 Å². The second kappa shape index (κ2) is 4.95. The highest BCUT2D eigenvalue weighted by Crippen LogP contribution is 2.43. The van der Waals surface area contributed by atoms with Gasteiger partial charge >= 0.3 is 6.18 Å². The predicted molar refractivity (Wildman–Crippen MR) is 71.9 cm³/mol. The van der Waals surface area contributed by atoms with E-state index in [1.807, 2.05) is 0 Å². The third-order valence-corrected chi connectivity index (χ3v) is 4.22. The summed E-state index contributed by atoms with van der Waals surface area (Å²) in [5.74, 6) is -0.712. The molecule has 1 N–H and O–H groups in total. The van der Waals surface area contributed by atoms with Gasteiger partial charge in [0, 0.05) is 10.9 Å². The third kappa shape index (κ3) is 2.64. The molecule has 2 aromatic rings.